The van der Waals surface area contributed by atoms with Gasteiger partial charge in [-0.1, -0.05) is 37.9 Å². The molecule has 0 heterocycles. The summed E-state index contributed by atoms with van der Waals surface area (Å²) in [6.07, 6.45) is 6.41. The molecule has 0 radical (unpaired) electrons. The highest BCUT2D eigenvalue weighted by atomic mass is 32.2. The van der Waals surface area contributed by atoms with Gasteiger partial charge in [0.2, 0.25) is 5.12 Å². The van der Waals surface area contributed by atoms with E-state index in [0.717, 1.165) is 17.7 Å². The van der Waals surface area contributed by atoms with Crippen molar-refractivity contribution in [1.82, 2.24) is 0 Å². The van der Waals surface area contributed by atoms with Crippen LogP contribution in [-0.2, 0) is 4.79 Å². The van der Waals surface area contributed by atoms with Crippen molar-refractivity contribution in [2.45, 2.75) is 39.5 Å². The third-order valence-electron chi connectivity index (χ3n) is 3.04. The molecule has 114 valence electrons. The molecular formula is C16H21NO3S. The molecule has 0 atom stereocenters. The minimum Gasteiger partial charge on any atom is -0.282 e. The molecule has 1 rings (SSSR count). The Morgan fingerprint density at radius 1 is 1.24 bits per heavy atom. The molecular weight excluding hydrogens is 286 g/mol. The molecule has 0 N–H and O–H groups in total. The minimum atomic E-state index is -0.433. The molecule has 0 saturated heterocycles. The van der Waals surface area contributed by atoms with Crippen LogP contribution in [0.3, 0.4) is 0 Å². The first-order valence-electron chi connectivity index (χ1n) is 7.14. The summed E-state index contributed by atoms with van der Waals surface area (Å²) in [6, 6.07) is 6.20. The van der Waals surface area contributed by atoms with Gasteiger partial charge in [-0.2, -0.15) is 0 Å². The summed E-state index contributed by atoms with van der Waals surface area (Å²) in [5.74, 6) is 0.851. The van der Waals surface area contributed by atoms with E-state index in [2.05, 4.69) is 6.92 Å². The van der Waals surface area contributed by atoms with E-state index >= 15 is 0 Å². The molecule has 0 saturated carbocycles. The van der Waals surface area contributed by atoms with E-state index < -0.39 is 4.92 Å². The lowest BCUT2D eigenvalue weighted by molar-refractivity contribution is -0.384. The van der Waals surface area contributed by atoms with Crippen LogP contribution < -0.4 is 0 Å². The van der Waals surface area contributed by atoms with Crippen LogP contribution in [0.1, 0.15) is 45.1 Å². The number of non-ortho nitro benzene ring substituents is 1. The van der Waals surface area contributed by atoms with Gasteiger partial charge in [0.05, 0.1) is 4.92 Å². The second kappa shape index (κ2) is 9.34. The van der Waals surface area contributed by atoms with Crippen LogP contribution in [0.4, 0.5) is 5.69 Å². The van der Waals surface area contributed by atoms with Crippen molar-refractivity contribution in [3.63, 3.8) is 0 Å². The molecule has 0 aliphatic heterocycles. The number of thioether (sulfide) groups is 1. The molecule has 0 aliphatic carbocycles. The Labute approximate surface area is 129 Å². The molecule has 1 aromatic rings. The molecule has 0 unspecified atom stereocenters. The van der Waals surface area contributed by atoms with Crippen LogP contribution in [0.5, 0.6) is 0 Å². The fraction of sp³-hybridized carbons (Fsp3) is 0.438. The van der Waals surface area contributed by atoms with Gasteiger partial charge in [0.25, 0.3) is 5.69 Å². The van der Waals surface area contributed by atoms with Crippen LogP contribution in [0.2, 0.25) is 0 Å². The minimum absolute atomic E-state index is 0.0569. The van der Waals surface area contributed by atoms with Crippen LogP contribution in [0, 0.1) is 10.1 Å². The number of benzene rings is 1. The number of hydrogen-bond acceptors (Lipinski definition) is 4. The van der Waals surface area contributed by atoms with Gasteiger partial charge in [-0.15, -0.1) is 0 Å². The highest BCUT2D eigenvalue weighted by Gasteiger charge is 2.07. The van der Waals surface area contributed by atoms with Gasteiger partial charge in [0.15, 0.2) is 0 Å². The fourth-order valence-corrected chi connectivity index (χ4v) is 2.63. The first-order chi connectivity index (χ1) is 10.0. The number of unbranched alkanes of at least 4 members (excludes halogenated alkanes) is 3. The SMILES string of the molecule is CCCCCCSC(=O)/C(C)=C/c1ccc([N+](=O)[O-])cc1. The van der Waals surface area contributed by atoms with E-state index in [4.69, 9.17) is 0 Å². The average Bonchev–Trinajstić information content (AvgIpc) is 2.47. The first kappa shape index (κ1) is 17.4. The molecule has 4 nitrogen and oxygen atoms in total. The lowest BCUT2D eigenvalue weighted by Gasteiger charge is -2.02. The van der Waals surface area contributed by atoms with E-state index in [0.29, 0.717) is 5.57 Å². The molecule has 0 aromatic heterocycles. The van der Waals surface area contributed by atoms with Crippen molar-refractivity contribution in [1.29, 1.82) is 0 Å². The second-order valence-electron chi connectivity index (χ2n) is 4.87. The third-order valence-corrected chi connectivity index (χ3v) is 4.12. The zero-order chi connectivity index (χ0) is 15.7. The van der Waals surface area contributed by atoms with Gasteiger partial charge in [-0.3, -0.25) is 14.9 Å². The summed E-state index contributed by atoms with van der Waals surface area (Å²) in [6.45, 7) is 3.94. The van der Waals surface area contributed by atoms with Crippen LogP contribution in [0.15, 0.2) is 29.8 Å². The smallest absolute Gasteiger partial charge is 0.269 e. The molecule has 5 heteroatoms. The topological polar surface area (TPSA) is 60.2 Å². The van der Waals surface area contributed by atoms with E-state index in [1.165, 1.54) is 43.2 Å². The van der Waals surface area contributed by atoms with E-state index in [1.807, 2.05) is 0 Å². The molecule has 0 bridgehead atoms. The number of nitro benzene ring substituents is 1. The summed E-state index contributed by atoms with van der Waals surface area (Å²) in [5, 5.41) is 10.6. The molecule has 0 aliphatic rings. The zero-order valence-electron chi connectivity index (χ0n) is 12.5. The lowest BCUT2D eigenvalue weighted by atomic mass is 10.1. The summed E-state index contributed by atoms with van der Waals surface area (Å²) in [5.41, 5.74) is 1.53. The number of nitrogens with zero attached hydrogens (tertiary/aromatic N) is 1. The Balaban J connectivity index is 2.50. The number of rotatable bonds is 8. The Bertz CT molecular complexity index is 509. The van der Waals surface area contributed by atoms with Crippen molar-refractivity contribution in [2.75, 3.05) is 5.75 Å². The van der Waals surface area contributed by atoms with Crippen molar-refractivity contribution in [3.8, 4) is 0 Å². The van der Waals surface area contributed by atoms with Gasteiger partial charge in [0.1, 0.15) is 0 Å². The van der Waals surface area contributed by atoms with Gasteiger partial charge >= 0.3 is 0 Å². The average molecular weight is 307 g/mol. The van der Waals surface area contributed by atoms with Crippen molar-refractivity contribution in [2.24, 2.45) is 0 Å². The van der Waals surface area contributed by atoms with Crippen molar-refractivity contribution >= 4 is 28.6 Å². The summed E-state index contributed by atoms with van der Waals surface area (Å²) in [7, 11) is 0. The maximum Gasteiger partial charge on any atom is 0.269 e. The molecule has 0 amide bonds. The Kier molecular flexibility index (Phi) is 7.75. The van der Waals surface area contributed by atoms with Crippen molar-refractivity contribution in [3.05, 3.63) is 45.5 Å². The van der Waals surface area contributed by atoms with E-state index in [9.17, 15) is 14.9 Å². The normalized spacial score (nSPS) is 11.4. The Morgan fingerprint density at radius 2 is 1.90 bits per heavy atom. The predicted molar refractivity (Wildman–Crippen MR) is 88.4 cm³/mol. The Morgan fingerprint density at radius 3 is 2.48 bits per heavy atom. The molecule has 21 heavy (non-hydrogen) atoms. The molecule has 0 spiro atoms. The van der Waals surface area contributed by atoms with Crippen LogP contribution in [0.25, 0.3) is 6.08 Å². The summed E-state index contributed by atoms with van der Waals surface area (Å²) >= 11 is 1.35. The van der Waals surface area contributed by atoms with E-state index in [-0.39, 0.29) is 10.8 Å². The first-order valence-corrected chi connectivity index (χ1v) is 8.13. The van der Waals surface area contributed by atoms with E-state index in [1.54, 1.807) is 25.1 Å². The monoisotopic (exact) mass is 307 g/mol. The molecule has 0 fully saturated rings. The third kappa shape index (κ3) is 6.58. The predicted octanol–water partition coefficient (Wildman–Crippen LogP) is 4.84. The number of carbonyl (C=O) groups is 1. The van der Waals surface area contributed by atoms with Crippen molar-refractivity contribution < 1.29 is 9.72 Å². The Hall–Kier alpha value is -1.62. The lowest BCUT2D eigenvalue weighted by Crippen LogP contribution is -1.95. The maximum absolute atomic E-state index is 11.9. The highest BCUT2D eigenvalue weighted by Crippen LogP contribution is 2.18. The summed E-state index contributed by atoms with van der Waals surface area (Å²) < 4.78 is 0. The number of carbonyl (C=O) groups excluding carboxylic acids is 1. The van der Waals surface area contributed by atoms with Gasteiger partial charge in [0, 0.05) is 23.5 Å². The second-order valence-corrected chi connectivity index (χ2v) is 5.94. The number of nitro groups is 1. The summed E-state index contributed by atoms with van der Waals surface area (Å²) in [4.78, 5) is 22.1. The largest absolute Gasteiger partial charge is 0.282 e. The maximum atomic E-state index is 11.9. The van der Waals surface area contributed by atoms with Gasteiger partial charge in [-0.05, 0) is 37.1 Å². The fourth-order valence-electron chi connectivity index (χ4n) is 1.81. The standard InChI is InChI=1S/C16H21NO3S/c1-3-4-5-6-11-21-16(18)13(2)12-14-7-9-15(10-8-14)17(19)20/h7-10,12H,3-6,11H2,1-2H3/b13-12+. The van der Waals surface area contributed by atoms with Crippen LogP contribution >= 0.6 is 11.8 Å². The quantitative estimate of drug-likeness (QED) is 0.298. The zero-order valence-corrected chi connectivity index (χ0v) is 13.3. The van der Waals surface area contributed by atoms with Gasteiger partial charge < -0.3 is 0 Å². The van der Waals surface area contributed by atoms with Crippen LogP contribution in [-0.4, -0.2) is 15.8 Å². The molecule has 1 aromatic carbocycles. The highest BCUT2D eigenvalue weighted by molar-refractivity contribution is 8.14. The number of hydrogen-bond donors (Lipinski definition) is 0. The van der Waals surface area contributed by atoms with Gasteiger partial charge in [-0.25, -0.2) is 0 Å².